The molecule has 1 aromatic heterocycles. The highest BCUT2D eigenvalue weighted by Crippen LogP contribution is 2.28. The number of rotatable bonds is 1. The highest BCUT2D eigenvalue weighted by Gasteiger charge is 2.23. The first kappa shape index (κ1) is 11.0. The maximum atomic E-state index is 9.76. The number of hydrogen-bond donors (Lipinski definition) is 1. The van der Waals surface area contributed by atoms with Gasteiger partial charge in [-0.3, -0.25) is 0 Å². The Morgan fingerprint density at radius 1 is 1.18 bits per heavy atom. The topological polar surface area (TPSA) is 49.2 Å². The summed E-state index contributed by atoms with van der Waals surface area (Å²) in [7, 11) is 0. The third kappa shape index (κ3) is 2.14. The summed E-state index contributed by atoms with van der Waals surface area (Å²) in [6.07, 6.45) is 8.12. The summed E-state index contributed by atoms with van der Waals surface area (Å²) >= 11 is 0. The Hall–Kier alpha value is -1.16. The van der Waals surface area contributed by atoms with Crippen molar-refractivity contribution in [2.24, 2.45) is 0 Å². The van der Waals surface area contributed by atoms with Gasteiger partial charge in [0.2, 0.25) is 0 Å². The quantitative estimate of drug-likeness (QED) is 0.794. The van der Waals surface area contributed by atoms with Crippen molar-refractivity contribution >= 4 is 5.82 Å². The minimum Gasteiger partial charge on any atom is -0.391 e. The molecule has 3 rings (SSSR count). The highest BCUT2D eigenvalue weighted by atomic mass is 16.3. The van der Waals surface area contributed by atoms with Gasteiger partial charge in [-0.15, -0.1) is 0 Å². The minimum atomic E-state index is -0.196. The molecule has 1 atom stereocenters. The molecule has 0 unspecified atom stereocenters. The van der Waals surface area contributed by atoms with Crippen LogP contribution in [0.4, 0.5) is 5.82 Å². The Labute approximate surface area is 102 Å². The Balaban J connectivity index is 1.91. The lowest BCUT2D eigenvalue weighted by molar-refractivity contribution is 0.153. The lowest BCUT2D eigenvalue weighted by atomic mass is 9.95. The molecule has 92 valence electrons. The molecule has 0 spiro atoms. The standard InChI is InChI=1S/C13H19N3O/c17-10-4-3-7-16(8-10)13-11-5-1-2-6-12(11)14-9-15-13/h9-10,17H,1-8H2/t10-/m0/s1. The summed E-state index contributed by atoms with van der Waals surface area (Å²) < 4.78 is 0. The van der Waals surface area contributed by atoms with Crippen LogP contribution in [0.3, 0.4) is 0 Å². The number of aliphatic hydroxyl groups excluding tert-OH is 1. The third-order valence-electron chi connectivity index (χ3n) is 3.80. The molecule has 0 aromatic carbocycles. The largest absolute Gasteiger partial charge is 0.391 e. The number of aryl methyl sites for hydroxylation is 1. The molecule has 0 saturated carbocycles. The van der Waals surface area contributed by atoms with Gasteiger partial charge in [0, 0.05) is 24.3 Å². The second-order valence-corrected chi connectivity index (χ2v) is 5.07. The smallest absolute Gasteiger partial charge is 0.135 e. The minimum absolute atomic E-state index is 0.196. The molecule has 0 radical (unpaired) electrons. The zero-order chi connectivity index (χ0) is 11.7. The highest BCUT2D eigenvalue weighted by molar-refractivity contribution is 5.50. The van der Waals surface area contributed by atoms with E-state index in [1.807, 2.05) is 0 Å². The first-order valence-corrected chi connectivity index (χ1v) is 6.60. The van der Waals surface area contributed by atoms with E-state index in [-0.39, 0.29) is 6.10 Å². The molecule has 2 aliphatic rings. The molecule has 1 aromatic rings. The van der Waals surface area contributed by atoms with Crippen LogP contribution in [0.25, 0.3) is 0 Å². The number of aromatic nitrogens is 2. The molecule has 1 aliphatic heterocycles. The van der Waals surface area contributed by atoms with Crippen LogP contribution in [0.5, 0.6) is 0 Å². The Morgan fingerprint density at radius 3 is 2.94 bits per heavy atom. The predicted molar refractivity (Wildman–Crippen MR) is 66.1 cm³/mol. The van der Waals surface area contributed by atoms with E-state index in [4.69, 9.17) is 0 Å². The van der Waals surface area contributed by atoms with E-state index < -0.39 is 0 Å². The first-order valence-electron chi connectivity index (χ1n) is 6.60. The van der Waals surface area contributed by atoms with Gasteiger partial charge in [-0.25, -0.2) is 9.97 Å². The zero-order valence-electron chi connectivity index (χ0n) is 10.1. The Kier molecular flexibility index (Phi) is 2.97. The molecule has 17 heavy (non-hydrogen) atoms. The van der Waals surface area contributed by atoms with Crippen LogP contribution in [0, 0.1) is 0 Å². The molecule has 1 fully saturated rings. The molecular formula is C13H19N3O. The van der Waals surface area contributed by atoms with Crippen molar-refractivity contribution in [1.82, 2.24) is 9.97 Å². The van der Waals surface area contributed by atoms with Crippen molar-refractivity contribution in [3.8, 4) is 0 Å². The lowest BCUT2D eigenvalue weighted by Crippen LogP contribution is -2.39. The average molecular weight is 233 g/mol. The molecular weight excluding hydrogens is 214 g/mol. The zero-order valence-corrected chi connectivity index (χ0v) is 10.1. The van der Waals surface area contributed by atoms with Gasteiger partial charge in [0.25, 0.3) is 0 Å². The van der Waals surface area contributed by atoms with Crippen molar-refractivity contribution < 1.29 is 5.11 Å². The number of β-amino-alcohol motifs (C(OH)–C–C–N with tert-alkyl or cyclic N) is 1. The maximum absolute atomic E-state index is 9.76. The van der Waals surface area contributed by atoms with E-state index >= 15 is 0 Å². The number of nitrogens with zero attached hydrogens (tertiary/aromatic N) is 3. The monoisotopic (exact) mass is 233 g/mol. The molecule has 1 saturated heterocycles. The fourth-order valence-corrected chi connectivity index (χ4v) is 2.92. The van der Waals surface area contributed by atoms with Crippen LogP contribution >= 0.6 is 0 Å². The van der Waals surface area contributed by atoms with Crippen LogP contribution < -0.4 is 4.90 Å². The number of anilines is 1. The van der Waals surface area contributed by atoms with Gasteiger partial charge < -0.3 is 10.0 Å². The second-order valence-electron chi connectivity index (χ2n) is 5.07. The van der Waals surface area contributed by atoms with Gasteiger partial charge in [-0.05, 0) is 38.5 Å². The van der Waals surface area contributed by atoms with Gasteiger partial charge in [0.05, 0.1) is 6.10 Å². The molecule has 2 heterocycles. The number of fused-ring (bicyclic) bond motifs is 1. The maximum Gasteiger partial charge on any atom is 0.135 e. The van der Waals surface area contributed by atoms with Crippen molar-refractivity contribution in [3.05, 3.63) is 17.6 Å². The fourth-order valence-electron chi connectivity index (χ4n) is 2.92. The SMILES string of the molecule is O[C@H]1CCCN(c2ncnc3c2CCCC3)C1. The van der Waals surface area contributed by atoms with Crippen LogP contribution in [-0.4, -0.2) is 34.3 Å². The first-order chi connectivity index (χ1) is 8.34. The predicted octanol–water partition coefficient (Wildman–Crippen LogP) is 1.32. The second kappa shape index (κ2) is 4.61. The molecule has 4 nitrogen and oxygen atoms in total. The van der Waals surface area contributed by atoms with Crippen LogP contribution in [0.15, 0.2) is 6.33 Å². The van der Waals surface area contributed by atoms with Crippen LogP contribution in [0.1, 0.15) is 36.9 Å². The fraction of sp³-hybridized carbons (Fsp3) is 0.692. The molecule has 0 bridgehead atoms. The van der Waals surface area contributed by atoms with Gasteiger partial charge in [-0.2, -0.15) is 0 Å². The third-order valence-corrected chi connectivity index (χ3v) is 3.80. The van der Waals surface area contributed by atoms with Crippen molar-refractivity contribution in [2.75, 3.05) is 18.0 Å². The average Bonchev–Trinajstić information content (AvgIpc) is 2.38. The van der Waals surface area contributed by atoms with Gasteiger partial charge >= 0.3 is 0 Å². The molecule has 1 aliphatic carbocycles. The number of aliphatic hydroxyl groups is 1. The van der Waals surface area contributed by atoms with E-state index in [0.717, 1.165) is 44.6 Å². The van der Waals surface area contributed by atoms with E-state index in [1.165, 1.54) is 24.1 Å². The normalized spacial score (nSPS) is 24.5. The Morgan fingerprint density at radius 2 is 2.06 bits per heavy atom. The summed E-state index contributed by atoms with van der Waals surface area (Å²) in [5.74, 6) is 1.08. The van der Waals surface area contributed by atoms with Crippen LogP contribution in [0.2, 0.25) is 0 Å². The number of hydrogen-bond acceptors (Lipinski definition) is 4. The van der Waals surface area contributed by atoms with E-state index in [2.05, 4.69) is 14.9 Å². The van der Waals surface area contributed by atoms with Gasteiger partial charge in [-0.1, -0.05) is 0 Å². The number of piperidine rings is 1. The molecule has 1 N–H and O–H groups in total. The molecule has 0 amide bonds. The van der Waals surface area contributed by atoms with Crippen molar-refractivity contribution in [3.63, 3.8) is 0 Å². The summed E-state index contributed by atoms with van der Waals surface area (Å²) in [5.41, 5.74) is 2.55. The van der Waals surface area contributed by atoms with Crippen molar-refractivity contribution in [1.29, 1.82) is 0 Å². The van der Waals surface area contributed by atoms with E-state index in [9.17, 15) is 5.11 Å². The van der Waals surface area contributed by atoms with Gasteiger partial charge in [0.1, 0.15) is 12.1 Å². The Bertz CT molecular complexity index is 408. The van der Waals surface area contributed by atoms with Crippen LogP contribution in [-0.2, 0) is 12.8 Å². The lowest BCUT2D eigenvalue weighted by Gasteiger charge is -2.33. The summed E-state index contributed by atoms with van der Waals surface area (Å²) in [4.78, 5) is 11.1. The van der Waals surface area contributed by atoms with E-state index in [0.29, 0.717) is 0 Å². The summed E-state index contributed by atoms with van der Waals surface area (Å²) in [6.45, 7) is 1.74. The molecule has 4 heteroatoms. The van der Waals surface area contributed by atoms with Crippen molar-refractivity contribution in [2.45, 2.75) is 44.6 Å². The van der Waals surface area contributed by atoms with E-state index in [1.54, 1.807) is 6.33 Å². The summed E-state index contributed by atoms with van der Waals surface area (Å²) in [6, 6.07) is 0. The van der Waals surface area contributed by atoms with Gasteiger partial charge in [0.15, 0.2) is 0 Å². The summed E-state index contributed by atoms with van der Waals surface area (Å²) in [5, 5.41) is 9.76.